The number of carbonyl (C=O) groups excluding carboxylic acids is 1. The van der Waals surface area contributed by atoms with Gasteiger partial charge in [-0.3, -0.25) is 4.79 Å². The Morgan fingerprint density at radius 2 is 1.65 bits per heavy atom. The van der Waals surface area contributed by atoms with E-state index in [2.05, 4.69) is 0 Å². The molecule has 0 bridgehead atoms. The standard InChI is InChI=1S/C16H14O4/c1-20-16-9-5-3-7-12(16)15(19)10-14(18)11-6-2-4-8-13(11)17/h2-10,17,19H,1H3/b15-10-. The van der Waals surface area contributed by atoms with Crippen molar-refractivity contribution < 1.29 is 19.7 Å². The summed E-state index contributed by atoms with van der Waals surface area (Å²) in [5.74, 6) is -0.352. The Balaban J connectivity index is 2.35. The highest BCUT2D eigenvalue weighted by Crippen LogP contribution is 2.25. The summed E-state index contributed by atoms with van der Waals surface area (Å²) < 4.78 is 5.12. The number of hydrogen-bond donors (Lipinski definition) is 2. The number of phenolic OH excluding ortho intramolecular Hbond substituents is 1. The number of phenols is 1. The third kappa shape index (κ3) is 2.80. The van der Waals surface area contributed by atoms with Crippen molar-refractivity contribution in [2.24, 2.45) is 0 Å². The van der Waals surface area contributed by atoms with Crippen LogP contribution >= 0.6 is 0 Å². The Labute approximate surface area is 116 Å². The highest BCUT2D eigenvalue weighted by molar-refractivity contribution is 6.09. The molecule has 0 radical (unpaired) electrons. The summed E-state index contributed by atoms with van der Waals surface area (Å²) in [6, 6.07) is 13.0. The van der Waals surface area contributed by atoms with Gasteiger partial charge in [-0.15, -0.1) is 0 Å². The minimum absolute atomic E-state index is 0.124. The van der Waals surface area contributed by atoms with Gasteiger partial charge in [0, 0.05) is 6.08 Å². The van der Waals surface area contributed by atoms with Gasteiger partial charge >= 0.3 is 0 Å². The first-order valence-electron chi connectivity index (χ1n) is 6.00. The fourth-order valence-corrected chi connectivity index (χ4v) is 1.82. The largest absolute Gasteiger partial charge is 0.507 e. The molecule has 102 valence electrons. The molecule has 0 aromatic heterocycles. The van der Waals surface area contributed by atoms with E-state index >= 15 is 0 Å². The van der Waals surface area contributed by atoms with Crippen molar-refractivity contribution in [1.29, 1.82) is 0 Å². The average molecular weight is 270 g/mol. The van der Waals surface area contributed by atoms with Gasteiger partial charge in [0.2, 0.25) is 0 Å². The van der Waals surface area contributed by atoms with E-state index < -0.39 is 5.78 Å². The summed E-state index contributed by atoms with van der Waals surface area (Å²) in [6.45, 7) is 0. The summed E-state index contributed by atoms with van der Waals surface area (Å²) in [5, 5.41) is 19.6. The van der Waals surface area contributed by atoms with Crippen LogP contribution in [-0.4, -0.2) is 23.1 Å². The van der Waals surface area contributed by atoms with Crippen molar-refractivity contribution in [2.75, 3.05) is 7.11 Å². The van der Waals surface area contributed by atoms with E-state index in [9.17, 15) is 15.0 Å². The van der Waals surface area contributed by atoms with Gasteiger partial charge in [0.15, 0.2) is 5.78 Å². The number of allylic oxidation sites excluding steroid dienone is 1. The van der Waals surface area contributed by atoms with Crippen molar-refractivity contribution in [3.63, 3.8) is 0 Å². The van der Waals surface area contributed by atoms with Crippen LogP contribution in [0.15, 0.2) is 54.6 Å². The lowest BCUT2D eigenvalue weighted by molar-refractivity contribution is 0.104. The number of para-hydroxylation sites is 2. The van der Waals surface area contributed by atoms with Crippen LogP contribution in [0.1, 0.15) is 15.9 Å². The molecule has 0 fully saturated rings. The van der Waals surface area contributed by atoms with Crippen LogP contribution in [0.5, 0.6) is 11.5 Å². The smallest absolute Gasteiger partial charge is 0.193 e. The number of aliphatic hydroxyl groups excluding tert-OH is 1. The van der Waals surface area contributed by atoms with E-state index in [0.29, 0.717) is 11.3 Å². The number of hydrogen-bond acceptors (Lipinski definition) is 4. The minimum atomic E-state index is -0.480. The second-order valence-electron chi connectivity index (χ2n) is 4.11. The predicted molar refractivity (Wildman–Crippen MR) is 76.0 cm³/mol. The molecular weight excluding hydrogens is 256 g/mol. The van der Waals surface area contributed by atoms with Crippen LogP contribution < -0.4 is 4.74 Å². The van der Waals surface area contributed by atoms with Crippen LogP contribution in [0.3, 0.4) is 0 Å². The minimum Gasteiger partial charge on any atom is -0.507 e. The molecule has 4 heteroatoms. The molecule has 0 spiro atoms. The lowest BCUT2D eigenvalue weighted by atomic mass is 10.1. The highest BCUT2D eigenvalue weighted by atomic mass is 16.5. The van der Waals surface area contributed by atoms with Crippen molar-refractivity contribution in [2.45, 2.75) is 0 Å². The lowest BCUT2D eigenvalue weighted by Gasteiger charge is -2.07. The molecule has 0 saturated carbocycles. The van der Waals surface area contributed by atoms with Crippen LogP contribution in [0.4, 0.5) is 0 Å². The fourth-order valence-electron chi connectivity index (χ4n) is 1.82. The first kappa shape index (κ1) is 13.7. The lowest BCUT2D eigenvalue weighted by Crippen LogP contribution is -1.98. The van der Waals surface area contributed by atoms with Crippen LogP contribution in [0.2, 0.25) is 0 Å². The summed E-state index contributed by atoms with van der Waals surface area (Å²) >= 11 is 0. The van der Waals surface area contributed by atoms with E-state index in [1.54, 1.807) is 36.4 Å². The quantitative estimate of drug-likeness (QED) is 0.508. The van der Waals surface area contributed by atoms with Gasteiger partial charge in [-0.2, -0.15) is 0 Å². The van der Waals surface area contributed by atoms with Crippen molar-refractivity contribution in [3.05, 3.63) is 65.7 Å². The molecule has 0 saturated heterocycles. The fraction of sp³-hybridized carbons (Fsp3) is 0.0625. The molecule has 0 unspecified atom stereocenters. The number of ketones is 1. The first-order valence-corrected chi connectivity index (χ1v) is 6.00. The van der Waals surface area contributed by atoms with Crippen molar-refractivity contribution in [3.8, 4) is 11.5 Å². The van der Waals surface area contributed by atoms with Gasteiger partial charge in [-0.05, 0) is 24.3 Å². The molecule has 0 atom stereocenters. The zero-order valence-electron chi connectivity index (χ0n) is 10.9. The number of methoxy groups -OCH3 is 1. The summed E-state index contributed by atoms with van der Waals surface area (Å²) in [6.07, 6.45) is 1.06. The highest BCUT2D eigenvalue weighted by Gasteiger charge is 2.12. The maximum atomic E-state index is 12.0. The van der Waals surface area contributed by atoms with Crippen LogP contribution in [0, 0.1) is 0 Å². The predicted octanol–water partition coefficient (Wildman–Crippen LogP) is 3.18. The van der Waals surface area contributed by atoms with Crippen molar-refractivity contribution >= 4 is 11.5 Å². The summed E-state index contributed by atoms with van der Waals surface area (Å²) in [5.41, 5.74) is 0.549. The van der Waals surface area contributed by atoms with Crippen LogP contribution in [0.25, 0.3) is 5.76 Å². The molecule has 2 N–H and O–H groups in total. The molecular formula is C16H14O4. The molecule has 4 nitrogen and oxygen atoms in total. The van der Waals surface area contributed by atoms with E-state index in [1.165, 1.54) is 19.2 Å². The maximum Gasteiger partial charge on any atom is 0.193 e. The first-order chi connectivity index (χ1) is 9.63. The monoisotopic (exact) mass is 270 g/mol. The van der Waals surface area contributed by atoms with Gasteiger partial charge in [-0.1, -0.05) is 24.3 Å². The summed E-state index contributed by atoms with van der Waals surface area (Å²) in [4.78, 5) is 12.0. The Bertz CT molecular complexity index is 659. The zero-order chi connectivity index (χ0) is 14.5. The van der Waals surface area contributed by atoms with E-state index in [-0.39, 0.29) is 17.1 Å². The molecule has 0 heterocycles. The third-order valence-electron chi connectivity index (χ3n) is 2.82. The Kier molecular flexibility index (Phi) is 4.05. The van der Waals surface area contributed by atoms with Crippen LogP contribution in [-0.2, 0) is 0 Å². The van der Waals surface area contributed by atoms with Gasteiger partial charge < -0.3 is 14.9 Å². The number of carbonyl (C=O) groups is 1. The van der Waals surface area contributed by atoms with E-state index in [0.717, 1.165) is 6.08 Å². The number of ether oxygens (including phenoxy) is 1. The number of benzene rings is 2. The molecule has 0 aliphatic heterocycles. The van der Waals surface area contributed by atoms with E-state index in [4.69, 9.17) is 4.74 Å². The SMILES string of the molecule is COc1ccccc1/C(O)=C/C(=O)c1ccccc1O. The molecule has 20 heavy (non-hydrogen) atoms. The van der Waals surface area contributed by atoms with E-state index in [1.807, 2.05) is 0 Å². The number of aliphatic hydroxyl groups is 1. The molecule has 0 aliphatic carbocycles. The summed E-state index contributed by atoms with van der Waals surface area (Å²) in [7, 11) is 1.48. The Hall–Kier alpha value is -2.75. The second kappa shape index (κ2) is 5.93. The topological polar surface area (TPSA) is 66.8 Å². The average Bonchev–Trinajstić information content (AvgIpc) is 2.47. The number of aromatic hydroxyl groups is 1. The molecule has 0 aliphatic rings. The van der Waals surface area contributed by atoms with Gasteiger partial charge in [-0.25, -0.2) is 0 Å². The van der Waals surface area contributed by atoms with Gasteiger partial charge in [0.1, 0.15) is 17.3 Å². The maximum absolute atomic E-state index is 12.0. The normalized spacial score (nSPS) is 11.2. The Morgan fingerprint density at radius 1 is 1.05 bits per heavy atom. The molecule has 2 aromatic carbocycles. The third-order valence-corrected chi connectivity index (χ3v) is 2.82. The van der Waals surface area contributed by atoms with Gasteiger partial charge in [0.25, 0.3) is 0 Å². The second-order valence-corrected chi connectivity index (χ2v) is 4.11. The van der Waals surface area contributed by atoms with Gasteiger partial charge in [0.05, 0.1) is 18.2 Å². The zero-order valence-corrected chi connectivity index (χ0v) is 10.9. The number of rotatable bonds is 4. The molecule has 2 aromatic rings. The van der Waals surface area contributed by atoms with Crippen molar-refractivity contribution in [1.82, 2.24) is 0 Å². The Morgan fingerprint density at radius 3 is 2.30 bits per heavy atom. The molecule has 0 amide bonds. The molecule has 2 rings (SSSR count).